The van der Waals surface area contributed by atoms with E-state index in [1.165, 1.54) is 0 Å². The molecule has 0 saturated heterocycles. The Labute approximate surface area is 134 Å². The van der Waals surface area contributed by atoms with Crippen molar-refractivity contribution in [2.45, 2.75) is 24.6 Å². The molecule has 3 nitrogen and oxygen atoms in total. The van der Waals surface area contributed by atoms with Gasteiger partial charge in [0.2, 0.25) is 4.96 Å². The van der Waals surface area contributed by atoms with Crippen molar-refractivity contribution in [3.63, 3.8) is 0 Å². The summed E-state index contributed by atoms with van der Waals surface area (Å²) in [5.41, 5.74) is 3.25. The second kappa shape index (κ2) is 5.87. The Hall–Kier alpha value is -0.850. The largest absolute Gasteiger partial charge is 0.217 e. The summed E-state index contributed by atoms with van der Waals surface area (Å²) in [7, 11) is 0. The van der Waals surface area contributed by atoms with Gasteiger partial charge in [0.15, 0.2) is 4.34 Å². The van der Waals surface area contributed by atoms with Gasteiger partial charge in [-0.05, 0) is 25.5 Å². The van der Waals surface area contributed by atoms with E-state index in [4.69, 9.17) is 4.98 Å². The molecule has 2 heterocycles. The third kappa shape index (κ3) is 2.64. The minimum absolute atomic E-state index is 0.971. The number of nitrogens with zero attached hydrogens (tertiary/aromatic N) is 3. The van der Waals surface area contributed by atoms with Gasteiger partial charge in [0, 0.05) is 15.8 Å². The van der Waals surface area contributed by atoms with Crippen LogP contribution in [0.5, 0.6) is 0 Å². The fraction of sp³-hybridized carbons (Fsp3) is 0.286. The molecule has 0 aliphatic heterocycles. The van der Waals surface area contributed by atoms with Crippen LogP contribution in [0.3, 0.4) is 0 Å². The highest BCUT2D eigenvalue weighted by Gasteiger charge is 2.14. The van der Waals surface area contributed by atoms with Crippen LogP contribution in [0, 0.1) is 6.92 Å². The molecule has 3 rings (SSSR count). The summed E-state index contributed by atoms with van der Waals surface area (Å²) < 4.78 is 4.14. The van der Waals surface area contributed by atoms with Crippen molar-refractivity contribution in [2.75, 3.05) is 5.75 Å². The maximum Gasteiger partial charge on any atom is 0.213 e. The quantitative estimate of drug-likeness (QED) is 0.605. The SMILES string of the molecule is CCCSc1nn2c(C)c(-c3ccc(Br)cc3)nc2s1. The van der Waals surface area contributed by atoms with Crippen LogP contribution in [0.1, 0.15) is 19.0 Å². The predicted octanol–water partition coefficient (Wildman–Crippen LogP) is 5.03. The first kappa shape index (κ1) is 14.1. The van der Waals surface area contributed by atoms with E-state index < -0.39 is 0 Å². The molecule has 104 valence electrons. The van der Waals surface area contributed by atoms with Crippen LogP contribution in [-0.4, -0.2) is 20.4 Å². The molecular formula is C14H14BrN3S2. The van der Waals surface area contributed by atoms with E-state index in [1.807, 2.05) is 16.6 Å². The monoisotopic (exact) mass is 367 g/mol. The average Bonchev–Trinajstić information content (AvgIpc) is 2.97. The van der Waals surface area contributed by atoms with Gasteiger partial charge in [-0.25, -0.2) is 9.50 Å². The van der Waals surface area contributed by atoms with E-state index in [0.29, 0.717) is 0 Å². The van der Waals surface area contributed by atoms with Crippen molar-refractivity contribution in [1.29, 1.82) is 0 Å². The third-order valence-electron chi connectivity index (χ3n) is 2.96. The van der Waals surface area contributed by atoms with Crippen molar-refractivity contribution in [1.82, 2.24) is 14.6 Å². The fourth-order valence-electron chi connectivity index (χ4n) is 1.96. The van der Waals surface area contributed by atoms with Gasteiger partial charge in [-0.3, -0.25) is 0 Å². The Kier molecular flexibility index (Phi) is 4.14. The van der Waals surface area contributed by atoms with Gasteiger partial charge in [-0.1, -0.05) is 58.1 Å². The number of aromatic nitrogens is 3. The van der Waals surface area contributed by atoms with E-state index in [1.54, 1.807) is 23.1 Å². The summed E-state index contributed by atoms with van der Waals surface area (Å²) in [6, 6.07) is 8.24. The lowest BCUT2D eigenvalue weighted by Crippen LogP contribution is -1.89. The molecular weight excluding hydrogens is 354 g/mol. The number of fused-ring (bicyclic) bond motifs is 1. The third-order valence-corrected chi connectivity index (χ3v) is 5.73. The lowest BCUT2D eigenvalue weighted by Gasteiger charge is -1.99. The van der Waals surface area contributed by atoms with E-state index in [2.05, 4.69) is 47.0 Å². The Morgan fingerprint density at radius 3 is 2.70 bits per heavy atom. The Bertz CT molecular complexity index is 731. The first-order valence-corrected chi connectivity index (χ1v) is 9.03. The normalized spacial score (nSPS) is 11.3. The Morgan fingerprint density at radius 1 is 1.30 bits per heavy atom. The molecule has 2 aromatic heterocycles. The second-order valence-corrected chi connectivity index (χ2v) is 7.68. The van der Waals surface area contributed by atoms with Crippen LogP contribution in [0.2, 0.25) is 0 Å². The van der Waals surface area contributed by atoms with Gasteiger partial charge >= 0.3 is 0 Å². The van der Waals surface area contributed by atoms with Crippen LogP contribution >= 0.6 is 39.0 Å². The highest BCUT2D eigenvalue weighted by atomic mass is 79.9. The van der Waals surface area contributed by atoms with Crippen LogP contribution < -0.4 is 0 Å². The smallest absolute Gasteiger partial charge is 0.213 e. The number of hydrogen-bond acceptors (Lipinski definition) is 4. The zero-order valence-corrected chi connectivity index (χ0v) is 14.5. The zero-order chi connectivity index (χ0) is 14.1. The van der Waals surface area contributed by atoms with Gasteiger partial charge in [0.1, 0.15) is 0 Å². The maximum atomic E-state index is 4.73. The Balaban J connectivity index is 1.99. The number of benzene rings is 1. The van der Waals surface area contributed by atoms with Crippen molar-refractivity contribution < 1.29 is 0 Å². The lowest BCUT2D eigenvalue weighted by atomic mass is 10.1. The molecule has 0 unspecified atom stereocenters. The molecule has 0 atom stereocenters. The number of imidazole rings is 1. The minimum atomic E-state index is 0.971. The Morgan fingerprint density at radius 2 is 2.05 bits per heavy atom. The minimum Gasteiger partial charge on any atom is -0.217 e. The fourth-order valence-corrected chi connectivity index (χ4v) is 4.13. The number of halogens is 1. The molecule has 6 heteroatoms. The molecule has 0 amide bonds. The van der Waals surface area contributed by atoms with E-state index >= 15 is 0 Å². The number of rotatable bonds is 4. The first-order chi connectivity index (χ1) is 9.69. The molecule has 0 radical (unpaired) electrons. The standard InChI is InChI=1S/C14H14BrN3S2/c1-3-8-19-14-17-18-9(2)12(16-13(18)20-14)10-4-6-11(15)7-5-10/h4-7H,3,8H2,1-2H3. The van der Waals surface area contributed by atoms with Crippen LogP contribution in [-0.2, 0) is 0 Å². The summed E-state index contributed by atoms with van der Waals surface area (Å²) >= 11 is 6.93. The number of thioether (sulfide) groups is 1. The van der Waals surface area contributed by atoms with Crippen molar-refractivity contribution in [2.24, 2.45) is 0 Å². The molecule has 1 aromatic carbocycles. The van der Waals surface area contributed by atoms with E-state index in [9.17, 15) is 0 Å². The molecule has 0 saturated carbocycles. The van der Waals surface area contributed by atoms with Gasteiger partial charge in [-0.2, -0.15) is 0 Å². The summed E-state index contributed by atoms with van der Waals surface area (Å²) in [6.45, 7) is 4.26. The number of aryl methyl sites for hydroxylation is 1. The molecule has 3 aromatic rings. The van der Waals surface area contributed by atoms with Gasteiger partial charge in [0.05, 0.1) is 11.4 Å². The number of hydrogen-bond donors (Lipinski definition) is 0. The van der Waals surface area contributed by atoms with Gasteiger partial charge in [0.25, 0.3) is 0 Å². The molecule has 0 bridgehead atoms. The van der Waals surface area contributed by atoms with Crippen LogP contribution in [0.15, 0.2) is 33.1 Å². The maximum absolute atomic E-state index is 4.73. The molecule has 0 fully saturated rings. The summed E-state index contributed by atoms with van der Waals surface area (Å²) in [6.07, 6.45) is 1.16. The van der Waals surface area contributed by atoms with Crippen LogP contribution in [0.25, 0.3) is 16.2 Å². The van der Waals surface area contributed by atoms with E-state index in [0.717, 1.165) is 42.9 Å². The lowest BCUT2D eigenvalue weighted by molar-refractivity contribution is 0.882. The molecule has 0 N–H and O–H groups in total. The highest BCUT2D eigenvalue weighted by Crippen LogP contribution is 2.30. The molecule has 0 aliphatic rings. The average molecular weight is 368 g/mol. The highest BCUT2D eigenvalue weighted by molar-refractivity contribution is 9.10. The second-order valence-electron chi connectivity index (χ2n) is 4.46. The first-order valence-electron chi connectivity index (χ1n) is 6.44. The summed E-state index contributed by atoms with van der Waals surface area (Å²) in [5.74, 6) is 1.11. The van der Waals surface area contributed by atoms with Gasteiger partial charge in [-0.15, -0.1) is 5.10 Å². The summed E-state index contributed by atoms with van der Waals surface area (Å²) in [4.78, 5) is 5.70. The van der Waals surface area contributed by atoms with E-state index in [-0.39, 0.29) is 0 Å². The zero-order valence-electron chi connectivity index (χ0n) is 11.3. The topological polar surface area (TPSA) is 30.2 Å². The molecule has 0 aliphatic carbocycles. The van der Waals surface area contributed by atoms with Crippen molar-refractivity contribution in [3.05, 3.63) is 34.4 Å². The predicted molar refractivity (Wildman–Crippen MR) is 89.8 cm³/mol. The molecule has 20 heavy (non-hydrogen) atoms. The summed E-state index contributed by atoms with van der Waals surface area (Å²) in [5, 5.41) is 4.64. The van der Waals surface area contributed by atoms with Crippen molar-refractivity contribution >= 4 is 44.0 Å². The van der Waals surface area contributed by atoms with Crippen molar-refractivity contribution in [3.8, 4) is 11.3 Å². The van der Waals surface area contributed by atoms with Gasteiger partial charge < -0.3 is 0 Å². The van der Waals surface area contributed by atoms with Crippen LogP contribution in [0.4, 0.5) is 0 Å². The molecule has 0 spiro atoms.